The number of halogens is 1. The molecule has 0 atom stereocenters. The van der Waals surface area contributed by atoms with E-state index in [1.54, 1.807) is 0 Å². The van der Waals surface area contributed by atoms with Crippen molar-refractivity contribution in [3.63, 3.8) is 0 Å². The van der Waals surface area contributed by atoms with Gasteiger partial charge in [-0.1, -0.05) is 61.9 Å². The maximum atomic E-state index is 5.48. The number of pyridine rings is 2. The number of benzene rings is 5. The summed E-state index contributed by atoms with van der Waals surface area (Å²) in [6.07, 6.45) is 10.9. The molecular weight excluding hydrogens is 675 g/mol. The smallest absolute Gasteiger partial charge is 0.145 e. The topological polar surface area (TPSA) is 43.6 Å². The summed E-state index contributed by atoms with van der Waals surface area (Å²) in [6, 6.07) is 39.6. The van der Waals surface area contributed by atoms with Gasteiger partial charge in [-0.05, 0) is 135 Å². The molecule has 0 aliphatic heterocycles. The van der Waals surface area contributed by atoms with E-state index >= 15 is 0 Å². The number of nitrogens with zero attached hydrogens (tertiary/aromatic N) is 4. The predicted molar refractivity (Wildman–Crippen MR) is 199 cm³/mol. The van der Waals surface area contributed by atoms with Crippen LogP contribution in [-0.2, 0) is 6.42 Å². The molecule has 0 amide bonds. The molecule has 8 aromatic rings. The third-order valence-electron chi connectivity index (χ3n) is 8.86. The van der Waals surface area contributed by atoms with Crippen LogP contribution in [0.5, 0.6) is 0 Å². The molecule has 0 fully saturated rings. The molecule has 0 bridgehead atoms. The second-order valence-corrected chi connectivity index (χ2v) is 13.0. The minimum absolute atomic E-state index is 0.948. The van der Waals surface area contributed by atoms with Crippen LogP contribution >= 0.6 is 22.6 Å². The zero-order chi connectivity index (χ0) is 31.0. The van der Waals surface area contributed by atoms with Gasteiger partial charge in [0.25, 0.3) is 0 Å². The van der Waals surface area contributed by atoms with Gasteiger partial charge in [0, 0.05) is 50.4 Å². The highest BCUT2D eigenvalue weighted by molar-refractivity contribution is 14.1. The SMILES string of the molecule is CCCCc1ccc(-c2nc3c4ccc(-c5ccncc5)cc4c4cc(-c5ccncc5)ccc4c3n2-c2ccc(I)cc2)cc1. The Hall–Kier alpha value is -4.88. The van der Waals surface area contributed by atoms with Gasteiger partial charge in [0.15, 0.2) is 0 Å². The van der Waals surface area contributed by atoms with E-state index in [-0.39, 0.29) is 0 Å². The second-order valence-electron chi connectivity index (χ2n) is 11.7. The molecule has 5 aromatic carbocycles. The van der Waals surface area contributed by atoms with Crippen molar-refractivity contribution in [1.82, 2.24) is 19.5 Å². The maximum Gasteiger partial charge on any atom is 0.145 e. The fourth-order valence-electron chi connectivity index (χ4n) is 6.49. The van der Waals surface area contributed by atoms with Crippen molar-refractivity contribution in [1.29, 1.82) is 0 Å². The Morgan fingerprint density at radius 3 is 1.74 bits per heavy atom. The van der Waals surface area contributed by atoms with Gasteiger partial charge in [-0.25, -0.2) is 4.98 Å². The molecule has 8 rings (SSSR count). The van der Waals surface area contributed by atoms with E-state index in [2.05, 4.69) is 153 Å². The van der Waals surface area contributed by atoms with Crippen LogP contribution in [0.3, 0.4) is 0 Å². The van der Waals surface area contributed by atoms with Crippen molar-refractivity contribution in [3.05, 3.63) is 143 Å². The second kappa shape index (κ2) is 12.1. The van der Waals surface area contributed by atoms with Gasteiger partial charge >= 0.3 is 0 Å². The summed E-state index contributed by atoms with van der Waals surface area (Å²) in [5, 5.41) is 4.68. The lowest BCUT2D eigenvalue weighted by molar-refractivity contribution is 0.795. The number of unbranched alkanes of at least 4 members (excludes halogenated alkanes) is 1. The zero-order valence-corrected chi connectivity index (χ0v) is 27.6. The van der Waals surface area contributed by atoms with Gasteiger partial charge in [-0.2, -0.15) is 0 Å². The molecule has 0 spiro atoms. The summed E-state index contributed by atoms with van der Waals surface area (Å²) in [7, 11) is 0. The first kappa shape index (κ1) is 28.6. The van der Waals surface area contributed by atoms with Crippen molar-refractivity contribution in [2.75, 3.05) is 0 Å². The monoisotopic (exact) mass is 706 g/mol. The van der Waals surface area contributed by atoms with Crippen LogP contribution < -0.4 is 0 Å². The van der Waals surface area contributed by atoms with E-state index in [1.807, 2.05) is 24.8 Å². The minimum Gasteiger partial charge on any atom is -0.292 e. The molecule has 0 aliphatic rings. The Morgan fingerprint density at radius 1 is 0.565 bits per heavy atom. The fourth-order valence-corrected chi connectivity index (χ4v) is 6.85. The summed E-state index contributed by atoms with van der Waals surface area (Å²) in [5.74, 6) is 0.948. The maximum absolute atomic E-state index is 5.48. The van der Waals surface area contributed by atoms with Crippen LogP contribution in [0.25, 0.3) is 71.9 Å². The fraction of sp³-hybridized carbons (Fsp3) is 0.0976. The van der Waals surface area contributed by atoms with Crippen molar-refractivity contribution in [2.24, 2.45) is 0 Å². The first-order valence-corrected chi connectivity index (χ1v) is 16.8. The first-order valence-electron chi connectivity index (χ1n) is 15.8. The van der Waals surface area contributed by atoms with Crippen molar-refractivity contribution < 1.29 is 0 Å². The Bertz CT molecular complexity index is 2330. The summed E-state index contributed by atoms with van der Waals surface area (Å²) in [4.78, 5) is 14.0. The third kappa shape index (κ3) is 5.14. The number of rotatable bonds is 7. The Kier molecular flexibility index (Phi) is 7.54. The lowest BCUT2D eigenvalue weighted by Gasteiger charge is -2.14. The molecule has 222 valence electrons. The Labute approximate surface area is 282 Å². The highest BCUT2D eigenvalue weighted by Gasteiger charge is 2.21. The van der Waals surface area contributed by atoms with E-state index in [1.165, 1.54) is 38.1 Å². The van der Waals surface area contributed by atoms with Crippen LogP contribution in [0.2, 0.25) is 0 Å². The van der Waals surface area contributed by atoms with Crippen LogP contribution in [0.15, 0.2) is 134 Å². The zero-order valence-electron chi connectivity index (χ0n) is 25.5. The number of fused-ring (bicyclic) bond motifs is 6. The summed E-state index contributed by atoms with van der Waals surface area (Å²) >= 11 is 2.38. The summed E-state index contributed by atoms with van der Waals surface area (Å²) in [5.41, 5.74) is 10.3. The minimum atomic E-state index is 0.948. The molecule has 0 radical (unpaired) electrons. The molecule has 46 heavy (non-hydrogen) atoms. The van der Waals surface area contributed by atoms with Gasteiger partial charge in [0.05, 0.1) is 11.0 Å². The molecule has 3 aromatic heterocycles. The van der Waals surface area contributed by atoms with E-state index < -0.39 is 0 Å². The largest absolute Gasteiger partial charge is 0.292 e. The molecule has 0 aliphatic carbocycles. The molecule has 4 nitrogen and oxygen atoms in total. The molecular formula is C41H31IN4. The molecule has 3 heterocycles. The van der Waals surface area contributed by atoms with Gasteiger partial charge in [-0.3, -0.25) is 14.5 Å². The van der Waals surface area contributed by atoms with E-state index in [0.717, 1.165) is 62.2 Å². The number of aromatic nitrogens is 4. The van der Waals surface area contributed by atoms with Crippen LogP contribution in [-0.4, -0.2) is 19.5 Å². The average molecular weight is 707 g/mol. The average Bonchev–Trinajstić information content (AvgIpc) is 3.52. The van der Waals surface area contributed by atoms with Gasteiger partial charge in [-0.15, -0.1) is 0 Å². The summed E-state index contributed by atoms with van der Waals surface area (Å²) < 4.78 is 3.56. The van der Waals surface area contributed by atoms with E-state index in [0.29, 0.717) is 0 Å². The first-order chi connectivity index (χ1) is 22.7. The van der Waals surface area contributed by atoms with Gasteiger partial charge in [0.2, 0.25) is 0 Å². The van der Waals surface area contributed by atoms with Crippen molar-refractivity contribution >= 4 is 55.2 Å². The van der Waals surface area contributed by atoms with Gasteiger partial charge < -0.3 is 0 Å². The predicted octanol–water partition coefficient (Wildman–Crippen LogP) is 11.1. The highest BCUT2D eigenvalue weighted by Crippen LogP contribution is 2.41. The molecule has 0 saturated heterocycles. The Balaban J connectivity index is 1.47. The lowest BCUT2D eigenvalue weighted by atomic mass is 9.93. The van der Waals surface area contributed by atoms with E-state index in [4.69, 9.17) is 4.98 Å². The summed E-state index contributed by atoms with van der Waals surface area (Å²) in [6.45, 7) is 2.24. The number of hydrogen-bond acceptors (Lipinski definition) is 3. The standard InChI is InChI=1S/C41H31IN4/c1-2-3-4-27-5-7-30(8-6-27)41-45-39-35-15-9-31(28-17-21-43-22-18-28)25-37(35)38-26-32(29-19-23-44-24-20-29)10-16-36(38)40(39)46(41)34-13-11-33(42)12-14-34/h5-26H,2-4H2,1H3. The molecule has 0 unspecified atom stereocenters. The normalized spacial score (nSPS) is 11.5. The Morgan fingerprint density at radius 2 is 1.13 bits per heavy atom. The number of hydrogen-bond donors (Lipinski definition) is 0. The quantitative estimate of drug-likeness (QED) is 0.122. The molecule has 5 heteroatoms. The van der Waals surface area contributed by atoms with Crippen LogP contribution in [0, 0.1) is 3.57 Å². The number of imidazole rings is 1. The lowest BCUT2D eigenvalue weighted by Crippen LogP contribution is -1.99. The van der Waals surface area contributed by atoms with Crippen molar-refractivity contribution in [3.8, 4) is 39.3 Å². The van der Waals surface area contributed by atoms with E-state index in [9.17, 15) is 0 Å². The molecule has 0 N–H and O–H groups in total. The van der Waals surface area contributed by atoms with Crippen molar-refractivity contribution in [2.45, 2.75) is 26.2 Å². The third-order valence-corrected chi connectivity index (χ3v) is 9.58. The number of aryl methyl sites for hydroxylation is 1. The highest BCUT2D eigenvalue weighted by atomic mass is 127. The van der Waals surface area contributed by atoms with Crippen LogP contribution in [0.1, 0.15) is 25.3 Å². The van der Waals surface area contributed by atoms with Crippen LogP contribution in [0.4, 0.5) is 0 Å². The molecule has 0 saturated carbocycles. The van der Waals surface area contributed by atoms with Gasteiger partial charge in [0.1, 0.15) is 5.82 Å².